The first kappa shape index (κ1) is 13.9. The van der Waals surface area contributed by atoms with E-state index in [-0.39, 0.29) is 11.6 Å². The standard InChI is InChI=1S/C11H17FN2O2S/c1-9-8-10(12)4-5-11(9)14-17(15,16)7-3-2-6-13/h4-5,8,14H,2-3,6-7,13H2,1H3. The van der Waals surface area contributed by atoms with Crippen molar-refractivity contribution in [1.82, 2.24) is 0 Å². The van der Waals surface area contributed by atoms with Crippen molar-refractivity contribution in [2.75, 3.05) is 17.0 Å². The number of rotatable bonds is 6. The Balaban J connectivity index is 2.69. The monoisotopic (exact) mass is 260 g/mol. The van der Waals surface area contributed by atoms with Crippen LogP contribution in [0.4, 0.5) is 10.1 Å². The molecule has 0 bridgehead atoms. The predicted molar refractivity (Wildman–Crippen MR) is 66.8 cm³/mol. The average molecular weight is 260 g/mol. The fourth-order valence-electron chi connectivity index (χ4n) is 1.40. The zero-order chi connectivity index (χ0) is 12.9. The Labute approximate surface area is 101 Å². The Morgan fingerprint density at radius 3 is 2.65 bits per heavy atom. The second kappa shape index (κ2) is 5.97. The van der Waals surface area contributed by atoms with E-state index < -0.39 is 10.0 Å². The molecule has 0 aliphatic rings. The number of anilines is 1. The van der Waals surface area contributed by atoms with Crippen LogP contribution >= 0.6 is 0 Å². The zero-order valence-corrected chi connectivity index (χ0v) is 10.6. The van der Waals surface area contributed by atoms with Crippen LogP contribution in [0.15, 0.2) is 18.2 Å². The van der Waals surface area contributed by atoms with Crippen LogP contribution in [0.3, 0.4) is 0 Å². The molecule has 3 N–H and O–H groups in total. The summed E-state index contributed by atoms with van der Waals surface area (Å²) in [6, 6.07) is 3.94. The molecule has 0 aliphatic carbocycles. The van der Waals surface area contributed by atoms with Gasteiger partial charge >= 0.3 is 0 Å². The summed E-state index contributed by atoms with van der Waals surface area (Å²) in [6.07, 6.45) is 1.19. The molecular weight excluding hydrogens is 243 g/mol. The average Bonchev–Trinajstić information content (AvgIpc) is 2.22. The maximum absolute atomic E-state index is 12.8. The van der Waals surface area contributed by atoms with E-state index in [9.17, 15) is 12.8 Å². The maximum Gasteiger partial charge on any atom is 0.232 e. The van der Waals surface area contributed by atoms with Gasteiger partial charge in [0.1, 0.15) is 5.82 Å². The molecule has 0 unspecified atom stereocenters. The van der Waals surface area contributed by atoms with Crippen LogP contribution in [0, 0.1) is 12.7 Å². The highest BCUT2D eigenvalue weighted by Crippen LogP contribution is 2.17. The molecule has 96 valence electrons. The quantitative estimate of drug-likeness (QED) is 0.763. The Morgan fingerprint density at radius 2 is 2.06 bits per heavy atom. The molecule has 0 amide bonds. The topological polar surface area (TPSA) is 72.2 Å². The van der Waals surface area contributed by atoms with Crippen molar-refractivity contribution in [3.8, 4) is 0 Å². The normalized spacial score (nSPS) is 11.5. The van der Waals surface area contributed by atoms with Gasteiger partial charge in [-0.25, -0.2) is 12.8 Å². The molecule has 6 heteroatoms. The highest BCUT2D eigenvalue weighted by atomic mass is 32.2. The van der Waals surface area contributed by atoms with Crippen LogP contribution in [0.2, 0.25) is 0 Å². The molecule has 0 saturated heterocycles. The lowest BCUT2D eigenvalue weighted by molar-refractivity contribution is 0.596. The lowest BCUT2D eigenvalue weighted by atomic mass is 10.2. The molecule has 1 rings (SSSR count). The van der Waals surface area contributed by atoms with Crippen molar-refractivity contribution >= 4 is 15.7 Å². The first-order chi connectivity index (χ1) is 7.94. The largest absolute Gasteiger partial charge is 0.330 e. The van der Waals surface area contributed by atoms with Crippen molar-refractivity contribution in [3.63, 3.8) is 0 Å². The van der Waals surface area contributed by atoms with Crippen molar-refractivity contribution in [2.24, 2.45) is 5.73 Å². The molecular formula is C11H17FN2O2S. The van der Waals surface area contributed by atoms with Gasteiger partial charge in [0.15, 0.2) is 0 Å². The number of nitrogens with two attached hydrogens (primary N) is 1. The zero-order valence-electron chi connectivity index (χ0n) is 9.74. The number of sulfonamides is 1. The molecule has 0 radical (unpaired) electrons. The van der Waals surface area contributed by atoms with Gasteiger partial charge in [0.05, 0.1) is 11.4 Å². The Bertz CT molecular complexity index is 474. The summed E-state index contributed by atoms with van der Waals surface area (Å²) in [5.74, 6) is -0.352. The SMILES string of the molecule is Cc1cc(F)ccc1NS(=O)(=O)CCCCN. The summed E-state index contributed by atoms with van der Waals surface area (Å²) in [5, 5.41) is 0. The number of hydrogen-bond donors (Lipinski definition) is 2. The molecule has 0 aromatic heterocycles. The van der Waals surface area contributed by atoms with Crippen LogP contribution in [0.25, 0.3) is 0 Å². The minimum absolute atomic E-state index is 0.0288. The summed E-state index contributed by atoms with van der Waals surface area (Å²) < 4.78 is 38.6. The molecule has 4 nitrogen and oxygen atoms in total. The fraction of sp³-hybridized carbons (Fsp3) is 0.455. The number of nitrogens with one attached hydrogen (secondary N) is 1. The number of aryl methyl sites for hydroxylation is 1. The lowest BCUT2D eigenvalue weighted by Crippen LogP contribution is -2.18. The highest BCUT2D eigenvalue weighted by Gasteiger charge is 2.11. The molecule has 1 aromatic rings. The van der Waals surface area contributed by atoms with Crippen molar-refractivity contribution in [1.29, 1.82) is 0 Å². The molecule has 1 aromatic carbocycles. The Hall–Kier alpha value is -1.14. The third kappa shape index (κ3) is 4.70. The minimum Gasteiger partial charge on any atom is -0.330 e. The van der Waals surface area contributed by atoms with E-state index in [4.69, 9.17) is 5.73 Å². The maximum atomic E-state index is 12.8. The Morgan fingerprint density at radius 1 is 1.35 bits per heavy atom. The van der Waals surface area contributed by atoms with Gasteiger partial charge in [0.25, 0.3) is 0 Å². The van der Waals surface area contributed by atoms with Crippen LogP contribution in [-0.2, 0) is 10.0 Å². The second-order valence-corrected chi connectivity index (χ2v) is 5.72. The van der Waals surface area contributed by atoms with E-state index in [1.807, 2.05) is 0 Å². The van der Waals surface area contributed by atoms with Crippen LogP contribution < -0.4 is 10.5 Å². The summed E-state index contributed by atoms with van der Waals surface area (Å²) in [7, 11) is -3.37. The molecule has 0 saturated carbocycles. The lowest BCUT2D eigenvalue weighted by Gasteiger charge is -2.10. The summed E-state index contributed by atoms with van der Waals surface area (Å²) in [5.41, 5.74) is 6.27. The van der Waals surface area contributed by atoms with Gasteiger partial charge in [0.2, 0.25) is 10.0 Å². The van der Waals surface area contributed by atoms with Gasteiger partial charge in [-0.2, -0.15) is 0 Å². The fourth-order valence-corrected chi connectivity index (χ4v) is 2.65. The summed E-state index contributed by atoms with van der Waals surface area (Å²) in [6.45, 7) is 2.13. The van der Waals surface area contributed by atoms with Gasteiger partial charge in [-0.05, 0) is 50.1 Å². The van der Waals surface area contributed by atoms with Gasteiger partial charge < -0.3 is 5.73 Å². The molecule has 0 heterocycles. The van der Waals surface area contributed by atoms with Crippen LogP contribution in [-0.4, -0.2) is 20.7 Å². The van der Waals surface area contributed by atoms with Gasteiger partial charge in [-0.15, -0.1) is 0 Å². The first-order valence-corrected chi connectivity index (χ1v) is 7.06. The van der Waals surface area contributed by atoms with Gasteiger partial charge in [-0.3, -0.25) is 4.72 Å². The molecule has 17 heavy (non-hydrogen) atoms. The Kier molecular flexibility index (Phi) is 4.89. The third-order valence-electron chi connectivity index (χ3n) is 2.32. The van der Waals surface area contributed by atoms with E-state index in [2.05, 4.69) is 4.72 Å². The van der Waals surface area contributed by atoms with Crippen molar-refractivity contribution < 1.29 is 12.8 Å². The van der Waals surface area contributed by atoms with Crippen molar-refractivity contribution in [3.05, 3.63) is 29.6 Å². The molecule has 0 atom stereocenters. The van der Waals surface area contributed by atoms with E-state index in [1.54, 1.807) is 6.92 Å². The molecule has 0 aliphatic heterocycles. The van der Waals surface area contributed by atoms with Crippen molar-refractivity contribution in [2.45, 2.75) is 19.8 Å². The summed E-state index contributed by atoms with van der Waals surface area (Å²) >= 11 is 0. The van der Waals surface area contributed by atoms with Gasteiger partial charge in [-0.1, -0.05) is 0 Å². The van der Waals surface area contributed by atoms with Crippen LogP contribution in [0.5, 0.6) is 0 Å². The van der Waals surface area contributed by atoms with E-state index in [1.165, 1.54) is 18.2 Å². The number of unbranched alkanes of at least 4 members (excludes halogenated alkanes) is 1. The first-order valence-electron chi connectivity index (χ1n) is 5.41. The number of hydrogen-bond acceptors (Lipinski definition) is 3. The summed E-state index contributed by atoms with van der Waals surface area (Å²) in [4.78, 5) is 0. The second-order valence-electron chi connectivity index (χ2n) is 3.88. The van der Waals surface area contributed by atoms with E-state index >= 15 is 0 Å². The van der Waals surface area contributed by atoms with E-state index in [0.29, 0.717) is 30.6 Å². The molecule has 0 spiro atoms. The number of halogens is 1. The van der Waals surface area contributed by atoms with Gasteiger partial charge in [0, 0.05) is 0 Å². The van der Waals surface area contributed by atoms with Crippen LogP contribution in [0.1, 0.15) is 18.4 Å². The third-order valence-corrected chi connectivity index (χ3v) is 3.68. The minimum atomic E-state index is -3.37. The van der Waals surface area contributed by atoms with E-state index in [0.717, 1.165) is 0 Å². The highest BCUT2D eigenvalue weighted by molar-refractivity contribution is 7.92. The number of benzene rings is 1. The smallest absolute Gasteiger partial charge is 0.232 e. The molecule has 0 fully saturated rings. The predicted octanol–water partition coefficient (Wildman–Crippen LogP) is 1.61.